The Morgan fingerprint density at radius 2 is 1.54 bits per heavy atom. The van der Waals surface area contributed by atoms with Crippen molar-refractivity contribution < 1.29 is 24.8 Å². The molecule has 0 bridgehead atoms. The van der Waals surface area contributed by atoms with E-state index < -0.39 is 0 Å². The molecule has 0 aliphatic heterocycles. The maximum Gasteiger partial charge on any atom is 0.228 e. The van der Waals surface area contributed by atoms with Crippen LogP contribution in [0.5, 0.6) is 5.75 Å². The molecule has 0 unspecified atom stereocenters. The molecule has 5 rings (SSSR count). The first kappa shape index (κ1) is 30.2. The van der Waals surface area contributed by atoms with E-state index in [2.05, 4.69) is 80.8 Å². The van der Waals surface area contributed by atoms with E-state index in [1.54, 1.807) is 18.6 Å². The molecule has 8 nitrogen and oxygen atoms in total. The van der Waals surface area contributed by atoms with Gasteiger partial charge in [-0.05, 0) is 34.4 Å². The Morgan fingerprint density at radius 3 is 2.17 bits per heavy atom. The van der Waals surface area contributed by atoms with Gasteiger partial charge in [0, 0.05) is 69.6 Å². The van der Waals surface area contributed by atoms with Crippen molar-refractivity contribution in [3.05, 3.63) is 66.1 Å². The van der Waals surface area contributed by atoms with Crippen molar-refractivity contribution >= 4 is 5.95 Å². The van der Waals surface area contributed by atoms with Gasteiger partial charge in [0.05, 0.1) is 0 Å². The van der Waals surface area contributed by atoms with E-state index in [0.717, 1.165) is 11.1 Å². The van der Waals surface area contributed by atoms with E-state index in [9.17, 15) is 5.26 Å². The van der Waals surface area contributed by atoms with Gasteiger partial charge in [0.1, 0.15) is 11.8 Å². The fraction of sp³-hybridized carbons (Fsp3) is 0.375. The minimum absolute atomic E-state index is 0. The second kappa shape index (κ2) is 10.9. The molecule has 213 valence electrons. The summed E-state index contributed by atoms with van der Waals surface area (Å²) in [6, 6.07) is 15.4. The number of fused-ring (bicyclic) bond motifs is 1. The normalized spacial score (nSPS) is 15.8. The fourth-order valence-corrected chi connectivity index (χ4v) is 5.43. The van der Waals surface area contributed by atoms with Crippen molar-refractivity contribution in [2.75, 3.05) is 25.6 Å². The Hall–Kier alpha value is -3.73. The van der Waals surface area contributed by atoms with Gasteiger partial charge in [-0.2, -0.15) is 15.2 Å². The van der Waals surface area contributed by atoms with Crippen LogP contribution in [0.15, 0.2) is 48.9 Å². The summed E-state index contributed by atoms with van der Waals surface area (Å²) in [6.07, 6.45) is 5.14. The summed E-state index contributed by atoms with van der Waals surface area (Å²) in [5.41, 5.74) is 5.44. The maximum atomic E-state index is 9.30. The molecule has 1 radical (unpaired) electrons. The first-order valence-corrected chi connectivity index (χ1v) is 13.3. The molecule has 1 aromatic carbocycles. The van der Waals surface area contributed by atoms with Crippen LogP contribution in [0.25, 0.3) is 34.0 Å². The van der Waals surface area contributed by atoms with Crippen molar-refractivity contribution in [3.8, 4) is 45.9 Å². The molecule has 3 heterocycles. The zero-order chi connectivity index (χ0) is 28.9. The van der Waals surface area contributed by atoms with Gasteiger partial charge in [-0.15, -0.1) is 34.9 Å². The van der Waals surface area contributed by atoms with E-state index in [4.69, 9.17) is 14.7 Å². The predicted octanol–water partition coefficient (Wildman–Crippen LogP) is 6.02. The van der Waals surface area contributed by atoms with Gasteiger partial charge in [-0.1, -0.05) is 41.5 Å². The van der Waals surface area contributed by atoms with Crippen LogP contribution in [0.1, 0.15) is 52.7 Å². The summed E-state index contributed by atoms with van der Waals surface area (Å²) < 4.78 is 5.92. The van der Waals surface area contributed by atoms with Gasteiger partial charge in [-0.3, -0.25) is 4.98 Å². The first-order chi connectivity index (χ1) is 18.9. The minimum Gasteiger partial charge on any atom is -0.486 e. The topological polar surface area (TPSA) is 101 Å². The molecule has 41 heavy (non-hydrogen) atoms. The molecule has 3 aromatic heterocycles. The van der Waals surface area contributed by atoms with Crippen LogP contribution in [-0.2, 0) is 30.9 Å². The Balaban J connectivity index is 0.00000387. The van der Waals surface area contributed by atoms with Crippen LogP contribution in [0.2, 0.25) is 0 Å². The zero-order valence-corrected chi connectivity index (χ0v) is 27.1. The molecule has 9 heteroatoms. The molecule has 1 aliphatic carbocycles. The quantitative estimate of drug-likeness (QED) is 0.223. The second-order valence-corrected chi connectivity index (χ2v) is 12.0. The number of aromatic nitrogens is 5. The van der Waals surface area contributed by atoms with E-state index in [-0.39, 0.29) is 43.0 Å². The molecule has 0 spiro atoms. The van der Waals surface area contributed by atoms with Crippen LogP contribution in [0.3, 0.4) is 0 Å². The van der Waals surface area contributed by atoms with Crippen LogP contribution in [0, 0.1) is 22.8 Å². The van der Waals surface area contributed by atoms with Crippen LogP contribution >= 0.6 is 0 Å². The number of hydrogen-bond acceptors (Lipinski definition) is 8. The molecular weight excluding hydrogens is 691 g/mol. The van der Waals surface area contributed by atoms with E-state index >= 15 is 0 Å². The Bertz CT molecular complexity index is 1630. The third-order valence-corrected chi connectivity index (χ3v) is 9.04. The summed E-state index contributed by atoms with van der Waals surface area (Å²) in [5, 5.41) is 9.30. The molecule has 0 amide bonds. The van der Waals surface area contributed by atoms with Crippen molar-refractivity contribution in [2.24, 2.45) is 5.41 Å². The van der Waals surface area contributed by atoms with Gasteiger partial charge in [0.25, 0.3) is 0 Å². The predicted molar refractivity (Wildman–Crippen MR) is 156 cm³/mol. The summed E-state index contributed by atoms with van der Waals surface area (Å²) in [5.74, 6) is 1.97. The molecule has 1 aliphatic rings. The molecule has 0 N–H and O–H groups in total. The van der Waals surface area contributed by atoms with Crippen molar-refractivity contribution in [3.63, 3.8) is 0 Å². The third-order valence-electron chi connectivity index (χ3n) is 9.04. The number of anilines is 1. The van der Waals surface area contributed by atoms with E-state index in [1.807, 2.05) is 37.2 Å². The van der Waals surface area contributed by atoms with Gasteiger partial charge in [0.15, 0.2) is 18.3 Å². The molecule has 0 saturated carbocycles. The Morgan fingerprint density at radius 1 is 0.902 bits per heavy atom. The van der Waals surface area contributed by atoms with Gasteiger partial charge < -0.3 is 14.6 Å². The second-order valence-electron chi connectivity index (χ2n) is 12.0. The van der Waals surface area contributed by atoms with Crippen molar-refractivity contribution in [1.82, 2.24) is 24.9 Å². The molecule has 0 atom stereocenters. The van der Waals surface area contributed by atoms with E-state index in [0.29, 0.717) is 34.6 Å². The first-order valence-electron chi connectivity index (χ1n) is 13.3. The van der Waals surface area contributed by atoms with Crippen LogP contribution < -0.4 is 9.64 Å². The summed E-state index contributed by atoms with van der Waals surface area (Å²) >= 11 is 0. The SMILES string of the molecule is CN(C)c1nc(-c2ccncc2)nc(-c2cnc(-c3[c-]cc4c(c3)C(C)(C)C(C)(C)C4(C)C)c(OCC#N)c2)n1.[Ir]. The number of nitriles is 1. The summed E-state index contributed by atoms with van der Waals surface area (Å²) in [6.45, 7) is 13.8. The molecular formula is C32H34IrN7O-. The molecule has 4 aromatic rings. The number of pyridine rings is 2. The van der Waals surface area contributed by atoms with Crippen LogP contribution in [0.4, 0.5) is 5.95 Å². The number of ether oxygens (including phenoxy) is 1. The van der Waals surface area contributed by atoms with Gasteiger partial charge >= 0.3 is 0 Å². The Kier molecular flexibility index (Phi) is 8.05. The van der Waals surface area contributed by atoms with Crippen molar-refractivity contribution in [2.45, 2.75) is 52.4 Å². The standard InChI is InChI=1S/C32H34N7O.Ir/c1-30(2)23-10-9-21(17-24(23)31(3,4)32(30,5)6)26-25(40-16-13-33)18-22(19-35-26)28-36-27(20-11-14-34-15-12-20)37-29(38-28)39(7)8;/h10-12,14-15,17-19H,16H2,1-8H3;/q-1;. The minimum atomic E-state index is -0.114. The number of rotatable bonds is 6. The number of nitrogens with zero attached hydrogens (tertiary/aromatic N) is 7. The number of hydrogen-bond donors (Lipinski definition) is 0. The zero-order valence-electron chi connectivity index (χ0n) is 24.7. The fourth-order valence-electron chi connectivity index (χ4n) is 5.43. The average molecular weight is 725 g/mol. The van der Waals surface area contributed by atoms with E-state index in [1.165, 1.54) is 11.1 Å². The molecule has 0 fully saturated rings. The maximum absolute atomic E-state index is 9.30. The molecule has 0 saturated heterocycles. The van der Waals surface area contributed by atoms with Crippen molar-refractivity contribution in [1.29, 1.82) is 5.26 Å². The van der Waals surface area contributed by atoms with Gasteiger partial charge in [0.2, 0.25) is 5.95 Å². The average Bonchev–Trinajstić information content (AvgIpc) is 3.05. The summed E-state index contributed by atoms with van der Waals surface area (Å²) in [4.78, 5) is 24.8. The third kappa shape index (κ3) is 5.00. The largest absolute Gasteiger partial charge is 0.486 e. The van der Waals surface area contributed by atoms with Gasteiger partial charge in [-0.25, -0.2) is 4.98 Å². The smallest absolute Gasteiger partial charge is 0.228 e. The summed E-state index contributed by atoms with van der Waals surface area (Å²) in [7, 11) is 3.76. The van der Waals surface area contributed by atoms with Crippen LogP contribution in [-0.4, -0.2) is 45.6 Å². The number of benzene rings is 1. The monoisotopic (exact) mass is 725 g/mol. The Labute approximate surface area is 255 Å².